The fourth-order valence-electron chi connectivity index (χ4n) is 2.62. The Labute approximate surface area is 152 Å². The monoisotopic (exact) mass is 364 g/mol. The van der Waals surface area contributed by atoms with Gasteiger partial charge >= 0.3 is 5.97 Å². The molecule has 0 spiro atoms. The van der Waals surface area contributed by atoms with Gasteiger partial charge < -0.3 is 24.8 Å². The van der Waals surface area contributed by atoms with E-state index in [0.717, 1.165) is 32.4 Å². The van der Waals surface area contributed by atoms with Crippen molar-refractivity contribution in [3.05, 3.63) is 23.8 Å². The molecular weight excluding hydrogens is 340 g/mol. The van der Waals surface area contributed by atoms with E-state index in [9.17, 15) is 14.4 Å². The summed E-state index contributed by atoms with van der Waals surface area (Å²) in [5.41, 5.74) is 5.15. The summed E-state index contributed by atoms with van der Waals surface area (Å²) < 4.78 is 15.8. The number of carbonyl (C=O) groups is 3. The average molecular weight is 364 g/mol. The molecule has 0 unspecified atom stereocenters. The molecule has 0 atom stereocenters. The molecule has 8 nitrogen and oxygen atoms in total. The maximum atomic E-state index is 12.2. The molecule has 2 N–H and O–H groups in total. The average Bonchev–Trinajstić information content (AvgIpc) is 2.65. The summed E-state index contributed by atoms with van der Waals surface area (Å²) in [6.45, 7) is 3.07. The lowest BCUT2D eigenvalue weighted by atomic mass is 10.1. The van der Waals surface area contributed by atoms with Crippen LogP contribution in [0.1, 0.15) is 36.5 Å². The second kappa shape index (κ2) is 9.65. The van der Waals surface area contributed by atoms with Crippen LogP contribution in [0.2, 0.25) is 0 Å². The minimum Gasteiger partial charge on any atom is -0.490 e. The Morgan fingerprint density at radius 1 is 1.04 bits per heavy atom. The molecule has 0 radical (unpaired) electrons. The van der Waals surface area contributed by atoms with Crippen molar-refractivity contribution in [1.29, 1.82) is 0 Å². The number of hydrogen-bond acceptors (Lipinski definition) is 6. The SMILES string of the molecule is CCOc1cc(C(=O)OCC(N)=O)ccc1OCC(=O)N1CCCCC1. The number of nitrogens with two attached hydrogens (primary N) is 1. The molecule has 1 aromatic rings. The highest BCUT2D eigenvalue weighted by Crippen LogP contribution is 2.29. The molecule has 0 aliphatic carbocycles. The van der Waals surface area contributed by atoms with Crippen molar-refractivity contribution in [2.24, 2.45) is 5.73 Å². The van der Waals surface area contributed by atoms with Crippen LogP contribution in [0, 0.1) is 0 Å². The van der Waals surface area contributed by atoms with Crippen molar-refractivity contribution >= 4 is 17.8 Å². The predicted molar refractivity (Wildman–Crippen MR) is 93.0 cm³/mol. The first-order chi connectivity index (χ1) is 12.5. The van der Waals surface area contributed by atoms with E-state index in [-0.39, 0.29) is 18.1 Å². The number of likely N-dealkylation sites (tertiary alicyclic amines) is 1. The van der Waals surface area contributed by atoms with Gasteiger partial charge in [-0.3, -0.25) is 9.59 Å². The second-order valence-corrected chi connectivity index (χ2v) is 5.87. The van der Waals surface area contributed by atoms with E-state index >= 15 is 0 Å². The molecule has 1 aromatic carbocycles. The topological polar surface area (TPSA) is 108 Å². The normalized spacial score (nSPS) is 13.8. The molecule has 1 heterocycles. The zero-order chi connectivity index (χ0) is 18.9. The molecule has 1 fully saturated rings. The standard InChI is InChI=1S/C18H24N2O6/c1-2-24-15-10-13(18(23)26-11-16(19)21)6-7-14(15)25-12-17(22)20-8-4-3-5-9-20/h6-7,10H,2-5,8-9,11-12H2,1H3,(H2,19,21). The summed E-state index contributed by atoms with van der Waals surface area (Å²) in [5, 5.41) is 0. The van der Waals surface area contributed by atoms with Crippen LogP contribution in [-0.4, -0.2) is 55.6 Å². The van der Waals surface area contributed by atoms with Gasteiger partial charge in [0.2, 0.25) is 0 Å². The van der Waals surface area contributed by atoms with Gasteiger partial charge in [-0.1, -0.05) is 0 Å². The van der Waals surface area contributed by atoms with Gasteiger partial charge in [0.25, 0.3) is 11.8 Å². The number of esters is 1. The van der Waals surface area contributed by atoms with Crippen LogP contribution in [0.5, 0.6) is 11.5 Å². The Kier molecular flexibility index (Phi) is 7.25. The van der Waals surface area contributed by atoms with Crippen molar-refractivity contribution in [3.8, 4) is 11.5 Å². The van der Waals surface area contributed by atoms with E-state index in [1.165, 1.54) is 18.2 Å². The lowest BCUT2D eigenvalue weighted by Crippen LogP contribution is -2.38. The number of nitrogens with zero attached hydrogens (tertiary/aromatic N) is 1. The van der Waals surface area contributed by atoms with E-state index in [0.29, 0.717) is 18.1 Å². The zero-order valence-corrected chi connectivity index (χ0v) is 14.9. The molecule has 1 saturated heterocycles. The number of benzene rings is 1. The Morgan fingerprint density at radius 2 is 1.77 bits per heavy atom. The van der Waals surface area contributed by atoms with E-state index in [1.54, 1.807) is 11.8 Å². The van der Waals surface area contributed by atoms with E-state index in [4.69, 9.17) is 19.9 Å². The van der Waals surface area contributed by atoms with Crippen LogP contribution in [0.3, 0.4) is 0 Å². The summed E-state index contributed by atoms with van der Waals surface area (Å²) in [6, 6.07) is 4.47. The van der Waals surface area contributed by atoms with E-state index < -0.39 is 18.5 Å². The number of piperidine rings is 1. The van der Waals surface area contributed by atoms with Gasteiger partial charge in [-0.2, -0.15) is 0 Å². The fraction of sp³-hybridized carbons (Fsp3) is 0.500. The molecule has 1 aliphatic rings. The van der Waals surface area contributed by atoms with Crippen molar-refractivity contribution in [1.82, 2.24) is 4.90 Å². The van der Waals surface area contributed by atoms with Gasteiger partial charge in [-0.15, -0.1) is 0 Å². The Morgan fingerprint density at radius 3 is 2.42 bits per heavy atom. The molecule has 0 saturated carbocycles. The van der Waals surface area contributed by atoms with Crippen LogP contribution in [-0.2, 0) is 14.3 Å². The number of primary amides is 1. The highest BCUT2D eigenvalue weighted by molar-refractivity contribution is 5.91. The number of rotatable bonds is 8. The smallest absolute Gasteiger partial charge is 0.338 e. The van der Waals surface area contributed by atoms with Crippen molar-refractivity contribution in [2.75, 3.05) is 32.9 Å². The molecule has 26 heavy (non-hydrogen) atoms. The Balaban J connectivity index is 2.01. The maximum Gasteiger partial charge on any atom is 0.338 e. The third kappa shape index (κ3) is 5.65. The molecule has 0 aromatic heterocycles. The lowest BCUT2D eigenvalue weighted by molar-refractivity contribution is -0.134. The number of ether oxygens (including phenoxy) is 3. The molecule has 8 heteroatoms. The third-order valence-electron chi connectivity index (χ3n) is 3.88. The minimum absolute atomic E-state index is 0.0721. The summed E-state index contributed by atoms with van der Waals surface area (Å²) in [5.74, 6) is -0.812. The maximum absolute atomic E-state index is 12.2. The van der Waals surface area contributed by atoms with Crippen molar-refractivity contribution < 1.29 is 28.6 Å². The van der Waals surface area contributed by atoms with Gasteiger partial charge in [0.15, 0.2) is 24.7 Å². The Bertz CT molecular complexity index is 655. The summed E-state index contributed by atoms with van der Waals surface area (Å²) >= 11 is 0. The minimum atomic E-state index is -0.737. The highest BCUT2D eigenvalue weighted by Gasteiger charge is 2.18. The highest BCUT2D eigenvalue weighted by atomic mass is 16.5. The van der Waals surface area contributed by atoms with Gasteiger partial charge in [-0.05, 0) is 44.4 Å². The number of hydrogen-bond donors (Lipinski definition) is 1. The Hall–Kier alpha value is -2.77. The molecule has 142 valence electrons. The van der Waals surface area contributed by atoms with Crippen LogP contribution < -0.4 is 15.2 Å². The first-order valence-electron chi connectivity index (χ1n) is 8.64. The second-order valence-electron chi connectivity index (χ2n) is 5.87. The van der Waals surface area contributed by atoms with Crippen LogP contribution in [0.25, 0.3) is 0 Å². The summed E-state index contributed by atoms with van der Waals surface area (Å²) in [4.78, 5) is 36.6. The summed E-state index contributed by atoms with van der Waals surface area (Å²) in [6.07, 6.45) is 3.17. The van der Waals surface area contributed by atoms with Crippen LogP contribution in [0.4, 0.5) is 0 Å². The zero-order valence-electron chi connectivity index (χ0n) is 14.9. The van der Waals surface area contributed by atoms with Crippen molar-refractivity contribution in [2.45, 2.75) is 26.2 Å². The van der Waals surface area contributed by atoms with Gasteiger partial charge in [0, 0.05) is 13.1 Å². The van der Waals surface area contributed by atoms with E-state index in [1.807, 2.05) is 0 Å². The quantitative estimate of drug-likeness (QED) is 0.693. The van der Waals surface area contributed by atoms with Crippen molar-refractivity contribution in [3.63, 3.8) is 0 Å². The number of carbonyl (C=O) groups excluding carboxylic acids is 3. The molecule has 1 aliphatic heterocycles. The first kappa shape index (κ1) is 19.6. The van der Waals surface area contributed by atoms with E-state index in [2.05, 4.69) is 0 Å². The lowest BCUT2D eigenvalue weighted by Gasteiger charge is -2.26. The molecule has 2 amide bonds. The van der Waals surface area contributed by atoms with Crippen LogP contribution in [0.15, 0.2) is 18.2 Å². The summed E-state index contributed by atoms with van der Waals surface area (Å²) in [7, 11) is 0. The molecule has 2 rings (SSSR count). The fourth-order valence-corrected chi connectivity index (χ4v) is 2.62. The molecule has 0 bridgehead atoms. The number of amides is 2. The largest absolute Gasteiger partial charge is 0.490 e. The van der Waals surface area contributed by atoms with Gasteiger partial charge in [0.05, 0.1) is 12.2 Å². The molecular formula is C18H24N2O6. The predicted octanol–water partition coefficient (Wildman–Crippen LogP) is 1.12. The first-order valence-corrected chi connectivity index (χ1v) is 8.64. The van der Waals surface area contributed by atoms with Crippen LogP contribution >= 0.6 is 0 Å². The van der Waals surface area contributed by atoms with Gasteiger partial charge in [0.1, 0.15) is 0 Å². The van der Waals surface area contributed by atoms with Gasteiger partial charge in [-0.25, -0.2) is 4.79 Å². The third-order valence-corrected chi connectivity index (χ3v) is 3.88.